The molecule has 2 N–H and O–H groups in total. The van der Waals surface area contributed by atoms with Crippen LogP contribution in [0, 0.1) is 0 Å². The quantitative estimate of drug-likeness (QED) is 0.803. The van der Waals surface area contributed by atoms with Crippen molar-refractivity contribution in [2.24, 2.45) is 5.73 Å². The molecule has 0 unspecified atom stereocenters. The molecule has 0 spiro atoms. The summed E-state index contributed by atoms with van der Waals surface area (Å²) in [5, 5.41) is 0. The molecule has 27 heavy (non-hydrogen) atoms. The molecule has 3 rings (SSSR count). The second kappa shape index (κ2) is 9.45. The van der Waals surface area contributed by atoms with Crippen LogP contribution in [0.2, 0.25) is 0 Å². The predicted octanol–water partition coefficient (Wildman–Crippen LogP) is 3.46. The van der Waals surface area contributed by atoms with Gasteiger partial charge in [0.2, 0.25) is 5.91 Å². The van der Waals surface area contributed by atoms with E-state index in [0.717, 1.165) is 31.7 Å². The molecule has 4 nitrogen and oxygen atoms in total. The van der Waals surface area contributed by atoms with Crippen LogP contribution in [0.15, 0.2) is 24.3 Å². The SMILES string of the molecule is Cl.Cl.NC1(C(=O)N2CCN(Cc3cccc(C(F)(F)F)c3)CC2)CCCC1. The first-order chi connectivity index (χ1) is 11.8. The number of rotatable bonds is 3. The van der Waals surface area contributed by atoms with Crippen molar-refractivity contribution < 1.29 is 18.0 Å². The summed E-state index contributed by atoms with van der Waals surface area (Å²) in [6.45, 7) is 2.92. The van der Waals surface area contributed by atoms with Crippen molar-refractivity contribution in [1.82, 2.24) is 9.80 Å². The van der Waals surface area contributed by atoms with E-state index in [2.05, 4.69) is 4.90 Å². The second-order valence-electron chi connectivity index (χ2n) is 7.13. The molecule has 2 fully saturated rings. The zero-order chi connectivity index (χ0) is 18.1. The zero-order valence-corrected chi connectivity index (χ0v) is 16.6. The van der Waals surface area contributed by atoms with Crippen molar-refractivity contribution in [3.05, 3.63) is 35.4 Å². The summed E-state index contributed by atoms with van der Waals surface area (Å²) in [4.78, 5) is 16.5. The van der Waals surface area contributed by atoms with Crippen molar-refractivity contribution >= 4 is 30.7 Å². The van der Waals surface area contributed by atoms with Gasteiger partial charge in [-0.3, -0.25) is 9.69 Å². The van der Waals surface area contributed by atoms with E-state index in [4.69, 9.17) is 5.73 Å². The fourth-order valence-corrected chi connectivity index (χ4v) is 3.75. The van der Waals surface area contributed by atoms with E-state index >= 15 is 0 Å². The maximum Gasteiger partial charge on any atom is 0.416 e. The summed E-state index contributed by atoms with van der Waals surface area (Å²) in [6.07, 6.45) is -0.833. The summed E-state index contributed by atoms with van der Waals surface area (Å²) in [7, 11) is 0. The number of benzene rings is 1. The van der Waals surface area contributed by atoms with Gasteiger partial charge in [0.05, 0.1) is 11.1 Å². The third-order valence-electron chi connectivity index (χ3n) is 5.24. The van der Waals surface area contributed by atoms with E-state index < -0.39 is 17.3 Å². The average molecular weight is 428 g/mol. The molecular weight excluding hydrogens is 402 g/mol. The number of carbonyl (C=O) groups is 1. The fourth-order valence-electron chi connectivity index (χ4n) is 3.75. The first kappa shape index (κ1) is 24.0. The largest absolute Gasteiger partial charge is 0.416 e. The highest BCUT2D eigenvalue weighted by Crippen LogP contribution is 2.31. The summed E-state index contributed by atoms with van der Waals surface area (Å²) in [6, 6.07) is 5.43. The highest BCUT2D eigenvalue weighted by molar-refractivity contribution is 5.86. The van der Waals surface area contributed by atoms with Gasteiger partial charge in [-0.15, -0.1) is 24.8 Å². The molecule has 154 valence electrons. The third-order valence-corrected chi connectivity index (χ3v) is 5.24. The van der Waals surface area contributed by atoms with Crippen LogP contribution < -0.4 is 5.73 Å². The van der Waals surface area contributed by atoms with Crippen LogP contribution in [0.4, 0.5) is 13.2 Å². The number of nitrogens with zero attached hydrogens (tertiary/aromatic N) is 2. The summed E-state index contributed by atoms with van der Waals surface area (Å²) in [5.41, 5.74) is 5.55. The van der Waals surface area contributed by atoms with Gasteiger partial charge in [0.15, 0.2) is 0 Å². The predicted molar refractivity (Wildman–Crippen MR) is 103 cm³/mol. The fraction of sp³-hybridized carbons (Fsp3) is 0.611. The van der Waals surface area contributed by atoms with E-state index in [-0.39, 0.29) is 30.7 Å². The summed E-state index contributed by atoms with van der Waals surface area (Å²) < 4.78 is 38.4. The van der Waals surface area contributed by atoms with E-state index in [1.54, 1.807) is 6.07 Å². The Kier molecular flexibility index (Phi) is 8.41. The van der Waals surface area contributed by atoms with E-state index in [1.807, 2.05) is 4.90 Å². The van der Waals surface area contributed by atoms with E-state index in [1.165, 1.54) is 12.1 Å². The molecule has 1 amide bonds. The Morgan fingerprint density at radius 1 is 1.07 bits per heavy atom. The normalized spacial score (nSPS) is 19.9. The van der Waals surface area contributed by atoms with Crippen molar-refractivity contribution in [3.8, 4) is 0 Å². The number of hydrogen-bond donors (Lipinski definition) is 1. The Balaban J connectivity index is 0.00000182. The Bertz CT molecular complexity index is 629. The number of halogens is 5. The Morgan fingerprint density at radius 2 is 1.67 bits per heavy atom. The number of piperazine rings is 1. The van der Waals surface area contributed by atoms with Gasteiger partial charge >= 0.3 is 6.18 Å². The number of amides is 1. The van der Waals surface area contributed by atoms with Crippen LogP contribution in [-0.4, -0.2) is 47.4 Å². The molecule has 0 atom stereocenters. The zero-order valence-electron chi connectivity index (χ0n) is 15.0. The molecule has 1 saturated heterocycles. The Hall–Kier alpha value is -1.02. The topological polar surface area (TPSA) is 49.6 Å². The van der Waals surface area contributed by atoms with Crippen LogP contribution >= 0.6 is 24.8 Å². The van der Waals surface area contributed by atoms with Crippen LogP contribution in [0.3, 0.4) is 0 Å². The molecule has 2 aliphatic rings. The van der Waals surface area contributed by atoms with Crippen LogP contribution in [0.5, 0.6) is 0 Å². The number of nitrogens with two attached hydrogens (primary N) is 1. The van der Waals surface area contributed by atoms with Crippen molar-refractivity contribution in [3.63, 3.8) is 0 Å². The van der Waals surface area contributed by atoms with Crippen LogP contribution in [-0.2, 0) is 17.5 Å². The maximum absolute atomic E-state index is 12.8. The van der Waals surface area contributed by atoms with E-state index in [0.29, 0.717) is 38.3 Å². The van der Waals surface area contributed by atoms with Gasteiger partial charge in [0.25, 0.3) is 0 Å². The van der Waals surface area contributed by atoms with Crippen LogP contribution in [0.25, 0.3) is 0 Å². The minimum absolute atomic E-state index is 0. The lowest BCUT2D eigenvalue weighted by Gasteiger charge is -2.38. The molecule has 1 heterocycles. The number of carbonyl (C=O) groups excluding carboxylic acids is 1. The minimum Gasteiger partial charge on any atom is -0.339 e. The molecule has 1 aromatic rings. The monoisotopic (exact) mass is 427 g/mol. The smallest absolute Gasteiger partial charge is 0.339 e. The minimum atomic E-state index is -4.32. The summed E-state index contributed by atoms with van der Waals surface area (Å²) >= 11 is 0. The van der Waals surface area contributed by atoms with Gasteiger partial charge in [0.1, 0.15) is 0 Å². The van der Waals surface area contributed by atoms with Crippen molar-refractivity contribution in [1.29, 1.82) is 0 Å². The first-order valence-corrected chi connectivity index (χ1v) is 8.75. The molecular formula is C18H26Cl2F3N3O. The van der Waals surface area contributed by atoms with E-state index in [9.17, 15) is 18.0 Å². The molecule has 1 aliphatic heterocycles. The number of alkyl halides is 3. The Morgan fingerprint density at radius 3 is 2.22 bits per heavy atom. The van der Waals surface area contributed by atoms with Crippen molar-refractivity contribution in [2.45, 2.75) is 43.9 Å². The molecule has 9 heteroatoms. The van der Waals surface area contributed by atoms with Gasteiger partial charge in [0, 0.05) is 32.7 Å². The first-order valence-electron chi connectivity index (χ1n) is 8.75. The molecule has 1 aliphatic carbocycles. The number of hydrogen-bond acceptors (Lipinski definition) is 3. The second-order valence-corrected chi connectivity index (χ2v) is 7.13. The Labute approximate surface area is 170 Å². The van der Waals surface area contributed by atoms with Gasteiger partial charge in [-0.2, -0.15) is 13.2 Å². The lowest BCUT2D eigenvalue weighted by molar-refractivity contribution is -0.139. The molecule has 1 aromatic carbocycles. The molecule has 0 aromatic heterocycles. The van der Waals surface area contributed by atoms with Gasteiger partial charge in [-0.25, -0.2) is 0 Å². The molecule has 1 saturated carbocycles. The van der Waals surface area contributed by atoms with Crippen LogP contribution in [0.1, 0.15) is 36.8 Å². The van der Waals surface area contributed by atoms with Gasteiger partial charge < -0.3 is 10.6 Å². The van der Waals surface area contributed by atoms with Gasteiger partial charge in [-0.1, -0.05) is 31.0 Å². The molecule has 0 radical (unpaired) electrons. The molecule has 0 bridgehead atoms. The maximum atomic E-state index is 12.8. The lowest BCUT2D eigenvalue weighted by atomic mass is 9.97. The average Bonchev–Trinajstić information content (AvgIpc) is 3.02. The highest BCUT2D eigenvalue weighted by atomic mass is 35.5. The third kappa shape index (κ3) is 5.73. The van der Waals surface area contributed by atoms with Crippen molar-refractivity contribution in [2.75, 3.05) is 26.2 Å². The highest BCUT2D eigenvalue weighted by Gasteiger charge is 2.40. The summed E-state index contributed by atoms with van der Waals surface area (Å²) in [5.74, 6) is 0.0312. The lowest BCUT2D eigenvalue weighted by Crippen LogP contribution is -2.58. The van der Waals surface area contributed by atoms with Gasteiger partial charge in [-0.05, 0) is 24.5 Å². The standard InChI is InChI=1S/C18H24F3N3O.2ClH/c19-18(20,21)15-5-3-4-14(12-15)13-23-8-10-24(11-9-23)16(25)17(22)6-1-2-7-17;;/h3-5,12H,1-2,6-11,13,22H2;2*1H.